The third-order valence-corrected chi connectivity index (χ3v) is 6.06. The van der Waals surface area contributed by atoms with Gasteiger partial charge in [-0.25, -0.2) is 8.42 Å². The third-order valence-electron chi connectivity index (χ3n) is 3.66. The molecule has 3 saturated heterocycles. The minimum atomic E-state index is -3.18. The number of hydrogen-bond acceptors (Lipinski definition) is 4. The molecule has 5 atom stereocenters. The minimum absolute atomic E-state index is 0.0757. The molecule has 0 radical (unpaired) electrons. The predicted octanol–water partition coefficient (Wildman–Crippen LogP) is -0.249. The van der Waals surface area contributed by atoms with E-state index >= 15 is 0 Å². The molecule has 3 aliphatic heterocycles. The second kappa shape index (κ2) is 3.07. The largest absolute Gasteiger partial charge is 0.369 e. The van der Waals surface area contributed by atoms with Crippen LogP contribution in [-0.4, -0.2) is 55.4 Å². The van der Waals surface area contributed by atoms with Gasteiger partial charge in [-0.05, 0) is 6.42 Å². The van der Waals surface area contributed by atoms with Gasteiger partial charge in [-0.2, -0.15) is 4.31 Å². The average Bonchev–Trinajstić information content (AvgIpc) is 2.77. The first-order chi connectivity index (χ1) is 7.07. The summed E-state index contributed by atoms with van der Waals surface area (Å²) in [5.74, 6) is 0. The Morgan fingerprint density at radius 2 is 2.33 bits per heavy atom. The third kappa shape index (κ3) is 1.12. The van der Waals surface area contributed by atoms with Crippen LogP contribution in [0, 0.1) is 0 Å². The summed E-state index contributed by atoms with van der Waals surface area (Å²) in [6.07, 6.45) is 0.00258. The van der Waals surface area contributed by atoms with E-state index in [-0.39, 0.29) is 35.7 Å². The van der Waals surface area contributed by atoms with Gasteiger partial charge in [0.05, 0.1) is 18.2 Å². The van der Waals surface area contributed by atoms with E-state index in [4.69, 9.17) is 21.1 Å². The number of sulfonamides is 1. The minimum Gasteiger partial charge on any atom is -0.369 e. The van der Waals surface area contributed by atoms with Gasteiger partial charge in [-0.1, -0.05) is 11.6 Å². The Balaban J connectivity index is 1.99. The normalized spacial score (nSPS) is 51.5. The lowest BCUT2D eigenvalue weighted by Crippen LogP contribution is -2.44. The van der Waals surface area contributed by atoms with Gasteiger partial charge < -0.3 is 9.47 Å². The molecular weight excluding hydrogens is 242 g/mol. The van der Waals surface area contributed by atoms with Gasteiger partial charge in [0.1, 0.15) is 17.4 Å². The number of ether oxygens (including phenoxy) is 2. The summed E-state index contributed by atoms with van der Waals surface area (Å²) in [6, 6.07) is -0.107. The molecule has 0 amide bonds. The molecule has 0 N–H and O–H groups in total. The fourth-order valence-corrected chi connectivity index (χ4v) is 5.14. The molecule has 0 aliphatic carbocycles. The highest BCUT2D eigenvalue weighted by Crippen LogP contribution is 2.48. The van der Waals surface area contributed by atoms with Crippen molar-refractivity contribution in [2.24, 2.45) is 0 Å². The Hall–Kier alpha value is 0.120. The Bertz CT molecular complexity index is 386. The summed E-state index contributed by atoms with van der Waals surface area (Å²) in [4.78, 5) is 0. The molecule has 0 aromatic heterocycles. The van der Waals surface area contributed by atoms with Crippen molar-refractivity contribution in [3.05, 3.63) is 0 Å². The molecule has 2 bridgehead atoms. The molecule has 3 rings (SSSR count). The lowest BCUT2D eigenvalue weighted by Gasteiger charge is -2.24. The van der Waals surface area contributed by atoms with Crippen LogP contribution in [0.3, 0.4) is 0 Å². The second-order valence-corrected chi connectivity index (χ2v) is 6.64. The Kier molecular flexibility index (Phi) is 2.11. The summed E-state index contributed by atoms with van der Waals surface area (Å²) < 4.78 is 36.2. The summed E-state index contributed by atoms with van der Waals surface area (Å²) in [5, 5.41) is -0.368. The molecule has 7 heteroatoms. The molecule has 0 saturated carbocycles. The van der Waals surface area contributed by atoms with Gasteiger partial charge in [0.15, 0.2) is 0 Å². The maximum Gasteiger partial charge on any atom is 0.219 e. The van der Waals surface area contributed by atoms with Crippen molar-refractivity contribution >= 4 is 21.6 Å². The molecule has 0 aromatic carbocycles. The van der Waals surface area contributed by atoms with E-state index in [1.54, 1.807) is 7.05 Å². The quantitative estimate of drug-likeness (QED) is 0.637. The van der Waals surface area contributed by atoms with Gasteiger partial charge in [-0.15, -0.1) is 0 Å². The van der Waals surface area contributed by atoms with Gasteiger partial charge in [0.25, 0.3) is 0 Å². The van der Waals surface area contributed by atoms with Gasteiger partial charge in [0.2, 0.25) is 10.0 Å². The lowest BCUT2D eigenvalue weighted by molar-refractivity contribution is 0.00918. The van der Waals surface area contributed by atoms with Crippen molar-refractivity contribution in [2.75, 3.05) is 13.1 Å². The number of halogens is 1. The van der Waals surface area contributed by atoms with Crippen LogP contribution in [0.15, 0.2) is 0 Å². The van der Waals surface area contributed by atoms with Crippen LogP contribution in [-0.2, 0) is 19.5 Å². The summed E-state index contributed by atoms with van der Waals surface area (Å²) in [5.41, 5.74) is 0. The van der Waals surface area contributed by atoms with Gasteiger partial charge >= 0.3 is 0 Å². The maximum atomic E-state index is 11.9. The van der Waals surface area contributed by atoms with Crippen molar-refractivity contribution in [3.63, 3.8) is 0 Å². The van der Waals surface area contributed by atoms with Crippen molar-refractivity contribution in [3.8, 4) is 0 Å². The Labute approximate surface area is 93.3 Å². The Morgan fingerprint density at radius 3 is 3.00 bits per heavy atom. The van der Waals surface area contributed by atoms with Crippen LogP contribution in [0.2, 0.25) is 0 Å². The summed E-state index contributed by atoms with van der Waals surface area (Å²) in [6.45, 7) is 0. The molecular formula is C8H12ClNO4S. The van der Waals surface area contributed by atoms with Crippen LogP contribution < -0.4 is 0 Å². The number of rotatable bonds is 2. The zero-order valence-corrected chi connectivity index (χ0v) is 9.74. The number of nitrogens with zero attached hydrogens (tertiary/aromatic N) is 1. The number of hydrogen-bond donors (Lipinski definition) is 0. The topological polar surface area (TPSA) is 55.8 Å². The first-order valence-corrected chi connectivity index (χ1v) is 6.91. The van der Waals surface area contributed by atoms with Crippen LogP contribution >= 0.6 is 11.6 Å². The highest BCUT2D eigenvalue weighted by molar-refractivity contribution is 7.90. The number of likely N-dealkylation sites (N-methyl/N-ethyl adjacent to an activating group) is 1. The second-order valence-electron chi connectivity index (χ2n) is 4.21. The molecule has 5 unspecified atom stereocenters. The van der Waals surface area contributed by atoms with E-state index in [0.29, 0.717) is 6.42 Å². The number of alkyl halides is 1. The first-order valence-electron chi connectivity index (χ1n) is 4.87. The summed E-state index contributed by atoms with van der Waals surface area (Å²) in [7, 11) is -1.58. The number of fused-ring (bicyclic) bond motifs is 1. The smallest absolute Gasteiger partial charge is 0.219 e. The van der Waals surface area contributed by atoms with Crippen molar-refractivity contribution in [1.82, 2.24) is 4.31 Å². The van der Waals surface area contributed by atoms with E-state index in [2.05, 4.69) is 0 Å². The molecule has 3 fully saturated rings. The van der Waals surface area contributed by atoms with E-state index in [1.807, 2.05) is 0 Å². The van der Waals surface area contributed by atoms with Gasteiger partial charge in [0, 0.05) is 7.05 Å². The van der Waals surface area contributed by atoms with E-state index in [1.165, 1.54) is 4.31 Å². The molecule has 15 heavy (non-hydrogen) atoms. The Morgan fingerprint density at radius 1 is 1.60 bits per heavy atom. The zero-order chi connectivity index (χ0) is 10.8. The molecule has 86 valence electrons. The predicted molar refractivity (Wildman–Crippen MR) is 53.1 cm³/mol. The molecule has 3 heterocycles. The lowest BCUT2D eigenvalue weighted by atomic mass is 9.92. The standard InChI is InChI=1S/C8H12ClNO4S/c1-10-6-7(13-3-9)4-2-5(8(6)14-4)15(10,11)12/h4-8H,2-3H2,1H3. The molecule has 5 nitrogen and oxygen atoms in total. The molecule has 0 spiro atoms. The van der Waals surface area contributed by atoms with Crippen LogP contribution in [0.25, 0.3) is 0 Å². The van der Waals surface area contributed by atoms with Crippen molar-refractivity contribution < 1.29 is 17.9 Å². The van der Waals surface area contributed by atoms with E-state index in [9.17, 15) is 8.42 Å². The van der Waals surface area contributed by atoms with Crippen LogP contribution in [0.5, 0.6) is 0 Å². The molecule has 0 aromatic rings. The SMILES string of the molecule is CN1C2C(OCCl)C3CC(C2O3)S1(=O)=O. The van der Waals surface area contributed by atoms with E-state index in [0.717, 1.165) is 0 Å². The van der Waals surface area contributed by atoms with Crippen molar-refractivity contribution in [1.29, 1.82) is 0 Å². The van der Waals surface area contributed by atoms with Gasteiger partial charge in [-0.3, -0.25) is 0 Å². The maximum absolute atomic E-state index is 11.9. The fourth-order valence-electron chi connectivity index (χ4n) is 2.99. The monoisotopic (exact) mass is 253 g/mol. The highest BCUT2D eigenvalue weighted by atomic mass is 35.5. The first kappa shape index (κ1) is 10.3. The van der Waals surface area contributed by atoms with Crippen LogP contribution in [0.4, 0.5) is 0 Å². The highest BCUT2D eigenvalue weighted by Gasteiger charge is 2.67. The van der Waals surface area contributed by atoms with E-state index < -0.39 is 10.0 Å². The summed E-state index contributed by atoms with van der Waals surface area (Å²) >= 11 is 5.53. The zero-order valence-electron chi connectivity index (χ0n) is 8.17. The van der Waals surface area contributed by atoms with Crippen LogP contribution in [0.1, 0.15) is 6.42 Å². The van der Waals surface area contributed by atoms with Crippen molar-refractivity contribution in [2.45, 2.75) is 36.0 Å². The average molecular weight is 254 g/mol. The molecule has 3 aliphatic rings. The fraction of sp³-hybridized carbons (Fsp3) is 1.00.